The minimum atomic E-state index is -0.426. The van der Waals surface area contributed by atoms with Gasteiger partial charge in [-0.15, -0.1) is 23.5 Å². The number of nitriles is 1. The highest BCUT2D eigenvalue weighted by Crippen LogP contribution is 2.45. The van der Waals surface area contributed by atoms with Crippen molar-refractivity contribution in [3.63, 3.8) is 0 Å². The number of hydrogen-bond donors (Lipinski definition) is 0. The van der Waals surface area contributed by atoms with Crippen molar-refractivity contribution < 1.29 is 0 Å². The topological polar surface area (TPSA) is 23.8 Å². The van der Waals surface area contributed by atoms with Crippen molar-refractivity contribution in [1.29, 1.82) is 5.26 Å². The minimum Gasteiger partial charge on any atom is -0.195 e. The maximum Gasteiger partial charge on any atom is 0.173 e. The van der Waals surface area contributed by atoms with Crippen LogP contribution in [0.4, 0.5) is 0 Å². The van der Waals surface area contributed by atoms with Gasteiger partial charge >= 0.3 is 0 Å². The largest absolute Gasteiger partial charge is 0.195 e. The quantitative estimate of drug-likeness (QED) is 0.726. The van der Waals surface area contributed by atoms with Gasteiger partial charge in [0.2, 0.25) is 0 Å². The van der Waals surface area contributed by atoms with Gasteiger partial charge in [-0.3, -0.25) is 0 Å². The van der Waals surface area contributed by atoms with Crippen LogP contribution in [-0.4, -0.2) is 11.5 Å². The Hall–Kier alpha value is -0.590. The number of hydrogen-bond acceptors (Lipinski definition) is 3. The number of benzene rings is 1. The first kappa shape index (κ1) is 12.5. The standard InChI is InChI=1S/C12H15NS2/c1-3-14-12(10-13,15-4-2)11-8-6-5-7-9-11/h5-9H,3-4H2,1-2H3. The van der Waals surface area contributed by atoms with Crippen molar-refractivity contribution >= 4 is 23.5 Å². The zero-order valence-corrected chi connectivity index (χ0v) is 10.7. The third-order valence-electron chi connectivity index (χ3n) is 2.00. The van der Waals surface area contributed by atoms with E-state index in [9.17, 15) is 5.26 Å². The van der Waals surface area contributed by atoms with Gasteiger partial charge in [-0.1, -0.05) is 44.2 Å². The van der Waals surface area contributed by atoms with Gasteiger partial charge in [-0.25, -0.2) is 0 Å². The summed E-state index contributed by atoms with van der Waals surface area (Å²) < 4.78 is -0.426. The molecule has 80 valence electrons. The summed E-state index contributed by atoms with van der Waals surface area (Å²) in [6, 6.07) is 12.5. The van der Waals surface area contributed by atoms with E-state index in [-0.39, 0.29) is 0 Å². The molecule has 0 aliphatic rings. The van der Waals surface area contributed by atoms with E-state index in [4.69, 9.17) is 0 Å². The van der Waals surface area contributed by atoms with Gasteiger partial charge in [0.05, 0.1) is 6.07 Å². The van der Waals surface area contributed by atoms with Crippen LogP contribution >= 0.6 is 23.5 Å². The summed E-state index contributed by atoms with van der Waals surface area (Å²) in [4.78, 5) is 0. The van der Waals surface area contributed by atoms with Crippen LogP contribution in [0.25, 0.3) is 0 Å². The number of thioether (sulfide) groups is 2. The van der Waals surface area contributed by atoms with Crippen LogP contribution in [0.15, 0.2) is 30.3 Å². The molecule has 0 aliphatic carbocycles. The summed E-state index contributed by atoms with van der Waals surface area (Å²) in [5.41, 5.74) is 1.10. The lowest BCUT2D eigenvalue weighted by Crippen LogP contribution is -2.15. The van der Waals surface area contributed by atoms with Crippen molar-refractivity contribution in [1.82, 2.24) is 0 Å². The normalized spacial score (nSPS) is 11.0. The third kappa shape index (κ3) is 2.93. The molecule has 0 amide bonds. The lowest BCUT2D eigenvalue weighted by Gasteiger charge is -2.24. The predicted octanol–water partition coefficient (Wildman–Crippen LogP) is 3.87. The molecule has 1 aromatic carbocycles. The van der Waals surface area contributed by atoms with E-state index in [1.807, 2.05) is 30.3 Å². The fourth-order valence-corrected chi connectivity index (χ4v) is 3.99. The Morgan fingerprint density at radius 1 is 1.13 bits per heavy atom. The molecule has 0 saturated carbocycles. The lowest BCUT2D eigenvalue weighted by atomic mass is 10.1. The maximum atomic E-state index is 9.40. The summed E-state index contributed by atoms with van der Waals surface area (Å²) in [6.45, 7) is 4.19. The van der Waals surface area contributed by atoms with Gasteiger partial charge in [-0.2, -0.15) is 5.26 Å². The summed E-state index contributed by atoms with van der Waals surface area (Å²) in [7, 11) is 0. The van der Waals surface area contributed by atoms with E-state index in [0.29, 0.717) is 0 Å². The molecule has 0 bridgehead atoms. The molecule has 0 aliphatic heterocycles. The minimum absolute atomic E-state index is 0.426. The van der Waals surface area contributed by atoms with Gasteiger partial charge in [-0.05, 0) is 17.1 Å². The summed E-state index contributed by atoms with van der Waals surface area (Å²) in [5, 5.41) is 9.40. The Labute approximate surface area is 100 Å². The fraction of sp³-hybridized carbons (Fsp3) is 0.417. The smallest absolute Gasteiger partial charge is 0.173 e. The number of rotatable bonds is 5. The van der Waals surface area contributed by atoms with Crippen molar-refractivity contribution in [3.8, 4) is 6.07 Å². The van der Waals surface area contributed by atoms with Gasteiger partial charge in [0.1, 0.15) is 0 Å². The molecule has 0 heterocycles. The molecule has 1 nitrogen and oxygen atoms in total. The highest BCUT2D eigenvalue weighted by Gasteiger charge is 2.32. The highest BCUT2D eigenvalue weighted by molar-refractivity contribution is 8.17. The molecule has 0 atom stereocenters. The molecule has 0 spiro atoms. The fourth-order valence-electron chi connectivity index (χ4n) is 1.40. The summed E-state index contributed by atoms with van der Waals surface area (Å²) >= 11 is 3.41. The molecule has 1 aromatic rings. The average Bonchev–Trinajstić information content (AvgIpc) is 2.30. The molecule has 1 rings (SSSR count). The van der Waals surface area contributed by atoms with Gasteiger partial charge in [0, 0.05) is 0 Å². The van der Waals surface area contributed by atoms with Crippen molar-refractivity contribution in [3.05, 3.63) is 35.9 Å². The zero-order valence-electron chi connectivity index (χ0n) is 9.06. The molecule has 0 saturated heterocycles. The highest BCUT2D eigenvalue weighted by atomic mass is 32.2. The molecule has 0 fully saturated rings. The molecule has 0 radical (unpaired) electrons. The van der Waals surface area contributed by atoms with Crippen LogP contribution in [0, 0.1) is 11.3 Å². The van der Waals surface area contributed by atoms with Gasteiger partial charge in [0.15, 0.2) is 4.08 Å². The first-order chi connectivity index (χ1) is 7.29. The summed E-state index contributed by atoms with van der Waals surface area (Å²) in [5.74, 6) is 1.91. The average molecular weight is 237 g/mol. The van der Waals surface area contributed by atoms with Crippen LogP contribution in [-0.2, 0) is 4.08 Å². The second-order valence-electron chi connectivity index (χ2n) is 2.96. The van der Waals surface area contributed by atoms with Gasteiger partial charge in [0.25, 0.3) is 0 Å². The van der Waals surface area contributed by atoms with Gasteiger partial charge < -0.3 is 0 Å². The Morgan fingerprint density at radius 3 is 2.07 bits per heavy atom. The van der Waals surface area contributed by atoms with Crippen LogP contribution in [0.1, 0.15) is 19.4 Å². The zero-order chi connectivity index (χ0) is 11.1. The van der Waals surface area contributed by atoms with Crippen LogP contribution in [0.3, 0.4) is 0 Å². The Kier molecular flexibility index (Phi) is 5.07. The SMILES string of the molecule is CCSC(C#N)(SCC)c1ccccc1. The van der Waals surface area contributed by atoms with Crippen molar-refractivity contribution in [2.45, 2.75) is 17.9 Å². The molecule has 3 heteroatoms. The van der Waals surface area contributed by atoms with Crippen LogP contribution in [0.5, 0.6) is 0 Å². The van der Waals surface area contributed by atoms with Crippen LogP contribution < -0.4 is 0 Å². The second-order valence-corrected chi connectivity index (χ2v) is 6.18. The monoisotopic (exact) mass is 237 g/mol. The lowest BCUT2D eigenvalue weighted by molar-refractivity contribution is 1.13. The van der Waals surface area contributed by atoms with E-state index >= 15 is 0 Å². The predicted molar refractivity (Wildman–Crippen MR) is 70.0 cm³/mol. The van der Waals surface area contributed by atoms with Crippen molar-refractivity contribution in [2.24, 2.45) is 0 Å². The van der Waals surface area contributed by atoms with E-state index in [1.54, 1.807) is 23.5 Å². The van der Waals surface area contributed by atoms with Crippen molar-refractivity contribution in [2.75, 3.05) is 11.5 Å². The summed E-state index contributed by atoms with van der Waals surface area (Å²) in [6.07, 6.45) is 0. The molecular formula is C12H15NS2. The second kappa shape index (κ2) is 6.09. The Balaban J connectivity index is 3.05. The molecular weight excluding hydrogens is 222 g/mol. The van der Waals surface area contributed by atoms with E-state index in [0.717, 1.165) is 17.1 Å². The Morgan fingerprint density at radius 2 is 1.67 bits per heavy atom. The Bertz CT molecular complexity index is 323. The first-order valence-electron chi connectivity index (χ1n) is 5.03. The maximum absolute atomic E-state index is 9.40. The number of nitrogens with zero attached hydrogens (tertiary/aromatic N) is 1. The first-order valence-corrected chi connectivity index (χ1v) is 7.01. The van der Waals surface area contributed by atoms with E-state index in [2.05, 4.69) is 19.9 Å². The third-order valence-corrected chi connectivity index (χ3v) is 4.75. The van der Waals surface area contributed by atoms with E-state index < -0.39 is 4.08 Å². The molecule has 0 unspecified atom stereocenters. The van der Waals surface area contributed by atoms with E-state index in [1.165, 1.54) is 0 Å². The molecule has 0 aromatic heterocycles. The van der Waals surface area contributed by atoms with Crippen LogP contribution in [0.2, 0.25) is 0 Å². The molecule has 0 N–H and O–H groups in total. The molecule has 15 heavy (non-hydrogen) atoms.